The molecule has 2 aromatic rings. The Kier molecular flexibility index (Phi) is 5.84. The number of fused-ring (bicyclic) bond motifs is 1. The Morgan fingerprint density at radius 2 is 2.00 bits per heavy atom. The highest BCUT2D eigenvalue weighted by Crippen LogP contribution is 2.24. The lowest BCUT2D eigenvalue weighted by Gasteiger charge is -2.33. The van der Waals surface area contributed by atoms with Crippen molar-refractivity contribution in [3.05, 3.63) is 45.8 Å². The fourth-order valence-electron chi connectivity index (χ4n) is 3.35. The zero-order valence-electron chi connectivity index (χ0n) is 13.7. The van der Waals surface area contributed by atoms with Crippen LogP contribution in [0.1, 0.15) is 30.9 Å². The number of halogens is 1. The minimum atomic E-state index is -0.265. The molecular weight excluding hydrogens is 312 g/mol. The van der Waals surface area contributed by atoms with Crippen LogP contribution in [0.15, 0.2) is 33.5 Å². The fourth-order valence-corrected chi connectivity index (χ4v) is 3.35. The van der Waals surface area contributed by atoms with E-state index in [0.717, 1.165) is 49.0 Å². The van der Waals surface area contributed by atoms with Crippen LogP contribution in [0.3, 0.4) is 0 Å². The van der Waals surface area contributed by atoms with Crippen molar-refractivity contribution in [2.45, 2.75) is 39.3 Å². The molecule has 1 aromatic heterocycles. The highest BCUT2D eigenvalue weighted by atomic mass is 35.5. The molecule has 3 rings (SSSR count). The molecule has 1 aliphatic heterocycles. The first-order valence-corrected chi connectivity index (χ1v) is 8.04. The summed E-state index contributed by atoms with van der Waals surface area (Å²) in [5.41, 5.74) is 8.59. The number of rotatable bonds is 3. The average Bonchev–Trinajstić information content (AvgIpc) is 2.47. The molecule has 1 fully saturated rings. The van der Waals surface area contributed by atoms with Crippen LogP contribution in [-0.2, 0) is 6.54 Å². The van der Waals surface area contributed by atoms with Gasteiger partial charge in [-0.05, 0) is 62.9 Å². The molecule has 0 bridgehead atoms. The van der Waals surface area contributed by atoms with E-state index in [9.17, 15) is 4.79 Å². The van der Waals surface area contributed by atoms with Crippen molar-refractivity contribution in [3.63, 3.8) is 0 Å². The molecule has 0 amide bonds. The van der Waals surface area contributed by atoms with Gasteiger partial charge in [-0.1, -0.05) is 12.1 Å². The van der Waals surface area contributed by atoms with Crippen LogP contribution in [0.2, 0.25) is 0 Å². The largest absolute Gasteiger partial charge is 0.423 e. The van der Waals surface area contributed by atoms with Crippen molar-refractivity contribution < 1.29 is 4.42 Å². The van der Waals surface area contributed by atoms with Crippen molar-refractivity contribution in [2.24, 2.45) is 11.7 Å². The number of aryl methyl sites for hydroxylation is 1. The van der Waals surface area contributed by atoms with E-state index in [0.29, 0.717) is 11.5 Å². The Hall–Kier alpha value is -1.36. The van der Waals surface area contributed by atoms with Gasteiger partial charge in [-0.3, -0.25) is 4.90 Å². The summed E-state index contributed by atoms with van der Waals surface area (Å²) in [6.07, 6.45) is 2.27. The van der Waals surface area contributed by atoms with Crippen LogP contribution in [0.25, 0.3) is 11.0 Å². The molecule has 2 heterocycles. The second-order valence-corrected chi connectivity index (χ2v) is 6.56. The quantitative estimate of drug-likeness (QED) is 0.875. The van der Waals surface area contributed by atoms with Crippen LogP contribution in [0.5, 0.6) is 0 Å². The molecule has 0 saturated carbocycles. The van der Waals surface area contributed by atoms with Gasteiger partial charge < -0.3 is 10.2 Å². The Morgan fingerprint density at radius 3 is 2.65 bits per heavy atom. The second-order valence-electron chi connectivity index (χ2n) is 6.56. The van der Waals surface area contributed by atoms with Crippen molar-refractivity contribution in [2.75, 3.05) is 13.1 Å². The second kappa shape index (κ2) is 7.47. The van der Waals surface area contributed by atoms with Gasteiger partial charge in [0.05, 0.1) is 0 Å². The summed E-state index contributed by atoms with van der Waals surface area (Å²) in [5, 5.41) is 1.04. The molecule has 1 aromatic carbocycles. The molecule has 23 heavy (non-hydrogen) atoms. The number of likely N-dealkylation sites (tertiary alicyclic amines) is 1. The first-order chi connectivity index (χ1) is 10.5. The molecule has 0 aliphatic carbocycles. The van der Waals surface area contributed by atoms with Crippen LogP contribution < -0.4 is 11.4 Å². The van der Waals surface area contributed by atoms with E-state index in [1.165, 1.54) is 0 Å². The normalized spacial score (nSPS) is 17.9. The third-order valence-electron chi connectivity index (χ3n) is 4.76. The van der Waals surface area contributed by atoms with Gasteiger partial charge in [-0.25, -0.2) is 4.79 Å². The highest BCUT2D eigenvalue weighted by Gasteiger charge is 2.22. The molecule has 5 heteroatoms. The summed E-state index contributed by atoms with van der Waals surface area (Å²) in [7, 11) is 0. The van der Waals surface area contributed by atoms with E-state index in [4.69, 9.17) is 10.2 Å². The number of hydrogen-bond acceptors (Lipinski definition) is 4. The Morgan fingerprint density at radius 1 is 1.30 bits per heavy atom. The number of hydrogen-bond donors (Lipinski definition) is 1. The van der Waals surface area contributed by atoms with Crippen LogP contribution >= 0.6 is 12.4 Å². The zero-order chi connectivity index (χ0) is 15.7. The maximum Gasteiger partial charge on any atom is 0.336 e. The predicted octanol–water partition coefficient (Wildman–Crippen LogP) is 3.08. The standard InChI is InChI=1S/C18H24N2O2.ClH/c1-12-3-4-16-15(10-18(21)22-17(16)9-12)11-20-7-5-14(6-8-20)13(2)19;/h3-4,9-10,13-14H,5-8,11,19H2,1-2H3;1H. The van der Waals surface area contributed by atoms with Gasteiger partial charge in [0.1, 0.15) is 5.58 Å². The number of benzene rings is 1. The smallest absolute Gasteiger partial charge is 0.336 e. The molecular formula is C18H25ClN2O2. The van der Waals surface area contributed by atoms with Gasteiger partial charge in [-0.15, -0.1) is 12.4 Å². The molecule has 4 nitrogen and oxygen atoms in total. The van der Waals surface area contributed by atoms with Gasteiger partial charge in [0.15, 0.2) is 0 Å². The fraction of sp³-hybridized carbons (Fsp3) is 0.500. The molecule has 0 radical (unpaired) electrons. The third kappa shape index (κ3) is 4.14. The van der Waals surface area contributed by atoms with Crippen molar-refractivity contribution in [1.82, 2.24) is 4.90 Å². The van der Waals surface area contributed by atoms with E-state index in [2.05, 4.69) is 24.0 Å². The number of nitrogens with two attached hydrogens (primary N) is 1. The van der Waals surface area contributed by atoms with E-state index in [-0.39, 0.29) is 24.1 Å². The maximum atomic E-state index is 11.8. The molecule has 0 spiro atoms. The minimum absolute atomic E-state index is 0. The highest BCUT2D eigenvalue weighted by molar-refractivity contribution is 5.85. The molecule has 1 atom stereocenters. The average molecular weight is 337 g/mol. The van der Waals surface area contributed by atoms with Crippen molar-refractivity contribution in [3.8, 4) is 0 Å². The summed E-state index contributed by atoms with van der Waals surface area (Å²) >= 11 is 0. The van der Waals surface area contributed by atoms with Gasteiger partial charge in [0, 0.05) is 24.0 Å². The monoisotopic (exact) mass is 336 g/mol. The lowest BCUT2D eigenvalue weighted by Crippen LogP contribution is -2.39. The minimum Gasteiger partial charge on any atom is -0.423 e. The summed E-state index contributed by atoms with van der Waals surface area (Å²) in [4.78, 5) is 14.2. The summed E-state index contributed by atoms with van der Waals surface area (Å²) < 4.78 is 5.33. The van der Waals surface area contributed by atoms with Crippen LogP contribution in [0.4, 0.5) is 0 Å². The molecule has 1 unspecified atom stereocenters. The van der Waals surface area contributed by atoms with Gasteiger partial charge >= 0.3 is 5.63 Å². The lowest BCUT2D eigenvalue weighted by molar-refractivity contribution is 0.166. The van der Waals surface area contributed by atoms with E-state index in [1.807, 2.05) is 13.0 Å². The first kappa shape index (κ1) is 18.0. The van der Waals surface area contributed by atoms with Gasteiger partial charge in [0.25, 0.3) is 0 Å². The summed E-state index contributed by atoms with van der Waals surface area (Å²) in [5.74, 6) is 0.622. The van der Waals surface area contributed by atoms with Crippen molar-refractivity contribution in [1.29, 1.82) is 0 Å². The van der Waals surface area contributed by atoms with Crippen LogP contribution in [0, 0.1) is 12.8 Å². The molecule has 1 aliphatic rings. The van der Waals surface area contributed by atoms with Gasteiger partial charge in [-0.2, -0.15) is 0 Å². The summed E-state index contributed by atoms with van der Waals surface area (Å²) in [6, 6.07) is 7.96. The topological polar surface area (TPSA) is 59.5 Å². The van der Waals surface area contributed by atoms with Crippen LogP contribution in [-0.4, -0.2) is 24.0 Å². The molecule has 2 N–H and O–H groups in total. The summed E-state index contributed by atoms with van der Waals surface area (Å²) in [6.45, 7) is 6.99. The zero-order valence-corrected chi connectivity index (χ0v) is 14.6. The van der Waals surface area contributed by atoms with Crippen molar-refractivity contribution >= 4 is 23.4 Å². The van der Waals surface area contributed by atoms with E-state index >= 15 is 0 Å². The molecule has 1 saturated heterocycles. The maximum absolute atomic E-state index is 11.8. The Labute approximate surface area is 143 Å². The number of piperidine rings is 1. The van der Waals surface area contributed by atoms with Gasteiger partial charge in [0.2, 0.25) is 0 Å². The van der Waals surface area contributed by atoms with E-state index < -0.39 is 0 Å². The molecule has 126 valence electrons. The Balaban J connectivity index is 0.00000192. The first-order valence-electron chi connectivity index (χ1n) is 8.04. The van der Waals surface area contributed by atoms with E-state index in [1.54, 1.807) is 6.07 Å². The SMILES string of the molecule is Cc1ccc2c(CN3CCC(C(C)N)CC3)cc(=O)oc2c1.Cl. The number of nitrogens with zero attached hydrogens (tertiary/aromatic N) is 1. The lowest BCUT2D eigenvalue weighted by atomic mass is 9.90. The Bertz CT molecular complexity index is 719. The third-order valence-corrected chi connectivity index (χ3v) is 4.76. The predicted molar refractivity (Wildman–Crippen MR) is 96.1 cm³/mol.